The van der Waals surface area contributed by atoms with Gasteiger partial charge in [-0.1, -0.05) is 11.6 Å². The van der Waals surface area contributed by atoms with Gasteiger partial charge in [-0.25, -0.2) is 13.8 Å². The number of benzene rings is 1. The summed E-state index contributed by atoms with van der Waals surface area (Å²) in [6.07, 6.45) is -1.02. The molecular weight excluding hydrogens is 390 g/mol. The van der Waals surface area contributed by atoms with Crippen molar-refractivity contribution >= 4 is 28.4 Å². The van der Waals surface area contributed by atoms with E-state index in [9.17, 15) is 13.6 Å². The van der Waals surface area contributed by atoms with Crippen LogP contribution in [0.25, 0.3) is 22.2 Å². The molecule has 1 aliphatic heterocycles. The van der Waals surface area contributed by atoms with Crippen molar-refractivity contribution < 1.29 is 18.3 Å². The molecule has 28 heavy (non-hydrogen) atoms. The number of rotatable bonds is 4. The molecule has 1 fully saturated rings. The fourth-order valence-corrected chi connectivity index (χ4v) is 3.47. The standard InChI is InChI=1S/C19H17ClF2N4O2/c20-16-10-12(3-4-23-16)18-14-9-13(19(27)25-5-7-28-8-6-25)1-2-15(14)26(24-18)11-17(21)22/h1-4,9-10,17H,5-8,11H2. The van der Waals surface area contributed by atoms with E-state index < -0.39 is 13.0 Å². The van der Waals surface area contributed by atoms with Crippen LogP contribution in [-0.4, -0.2) is 58.3 Å². The van der Waals surface area contributed by atoms with Crippen LogP contribution in [0.5, 0.6) is 0 Å². The Hall–Kier alpha value is -2.58. The van der Waals surface area contributed by atoms with E-state index in [4.69, 9.17) is 16.3 Å². The SMILES string of the molecule is O=C(c1ccc2c(c1)c(-c1ccnc(Cl)c1)nn2CC(F)F)N1CCOCC1. The van der Waals surface area contributed by atoms with Gasteiger partial charge < -0.3 is 9.64 Å². The van der Waals surface area contributed by atoms with Crippen molar-refractivity contribution in [2.75, 3.05) is 26.3 Å². The molecule has 1 amide bonds. The summed E-state index contributed by atoms with van der Waals surface area (Å²) in [5.74, 6) is -0.120. The number of halogens is 3. The van der Waals surface area contributed by atoms with Crippen molar-refractivity contribution in [2.45, 2.75) is 13.0 Å². The van der Waals surface area contributed by atoms with E-state index in [1.807, 2.05) is 0 Å². The Morgan fingerprint density at radius 1 is 1.21 bits per heavy atom. The highest BCUT2D eigenvalue weighted by Gasteiger charge is 2.21. The molecule has 4 rings (SSSR count). The molecular formula is C19H17ClF2N4O2. The van der Waals surface area contributed by atoms with Gasteiger partial charge in [0, 0.05) is 35.8 Å². The number of carbonyl (C=O) groups excluding carboxylic acids is 1. The first-order valence-electron chi connectivity index (χ1n) is 8.80. The largest absolute Gasteiger partial charge is 0.378 e. The van der Waals surface area contributed by atoms with Crippen LogP contribution in [-0.2, 0) is 11.3 Å². The van der Waals surface area contributed by atoms with E-state index in [0.29, 0.717) is 54.0 Å². The molecule has 0 unspecified atom stereocenters. The van der Waals surface area contributed by atoms with Crippen LogP contribution in [0.1, 0.15) is 10.4 Å². The highest BCUT2D eigenvalue weighted by Crippen LogP contribution is 2.30. The lowest BCUT2D eigenvalue weighted by Crippen LogP contribution is -2.40. The number of carbonyl (C=O) groups is 1. The van der Waals surface area contributed by atoms with Gasteiger partial charge in [-0.3, -0.25) is 9.48 Å². The molecule has 0 aliphatic carbocycles. The summed E-state index contributed by atoms with van der Waals surface area (Å²) in [6.45, 7) is 1.51. The molecule has 6 nitrogen and oxygen atoms in total. The molecule has 3 heterocycles. The van der Waals surface area contributed by atoms with Crippen molar-refractivity contribution in [1.29, 1.82) is 0 Å². The molecule has 2 aromatic heterocycles. The maximum atomic E-state index is 13.0. The quantitative estimate of drug-likeness (QED) is 0.622. The Kier molecular flexibility index (Phi) is 5.23. The Labute approximate surface area is 164 Å². The second-order valence-corrected chi connectivity index (χ2v) is 6.81. The zero-order valence-corrected chi connectivity index (χ0v) is 15.6. The Bertz CT molecular complexity index is 1020. The van der Waals surface area contributed by atoms with Crippen LogP contribution >= 0.6 is 11.6 Å². The Morgan fingerprint density at radius 2 is 2.00 bits per heavy atom. The molecule has 0 N–H and O–H groups in total. The van der Waals surface area contributed by atoms with E-state index in [1.54, 1.807) is 35.2 Å². The topological polar surface area (TPSA) is 60.2 Å². The number of hydrogen-bond acceptors (Lipinski definition) is 4. The van der Waals surface area contributed by atoms with Gasteiger partial charge in [0.25, 0.3) is 12.3 Å². The second-order valence-electron chi connectivity index (χ2n) is 6.43. The maximum absolute atomic E-state index is 13.0. The minimum atomic E-state index is -2.55. The summed E-state index contributed by atoms with van der Waals surface area (Å²) >= 11 is 5.98. The third kappa shape index (κ3) is 3.70. The predicted molar refractivity (Wildman–Crippen MR) is 101 cm³/mol. The van der Waals surface area contributed by atoms with Gasteiger partial charge in [0.05, 0.1) is 18.7 Å². The zero-order chi connectivity index (χ0) is 19.7. The van der Waals surface area contributed by atoms with Crippen LogP contribution in [0.2, 0.25) is 5.15 Å². The van der Waals surface area contributed by atoms with E-state index in [1.165, 1.54) is 10.9 Å². The number of fused-ring (bicyclic) bond motifs is 1. The summed E-state index contributed by atoms with van der Waals surface area (Å²) < 4.78 is 32.6. The smallest absolute Gasteiger partial charge is 0.257 e. The average Bonchev–Trinajstić information content (AvgIpc) is 3.05. The third-order valence-electron chi connectivity index (χ3n) is 4.61. The summed E-state index contributed by atoms with van der Waals surface area (Å²) in [5, 5.41) is 5.24. The lowest BCUT2D eigenvalue weighted by atomic mass is 10.1. The van der Waals surface area contributed by atoms with Crippen LogP contribution in [0.3, 0.4) is 0 Å². The molecule has 3 aromatic rings. The predicted octanol–water partition coefficient (Wildman–Crippen LogP) is 3.49. The van der Waals surface area contributed by atoms with E-state index >= 15 is 0 Å². The number of aromatic nitrogens is 3. The van der Waals surface area contributed by atoms with Crippen LogP contribution < -0.4 is 0 Å². The number of amides is 1. The van der Waals surface area contributed by atoms with Gasteiger partial charge in [0.2, 0.25) is 0 Å². The summed E-state index contributed by atoms with van der Waals surface area (Å²) in [6, 6.07) is 8.33. The first-order chi connectivity index (χ1) is 13.5. The van der Waals surface area contributed by atoms with Gasteiger partial charge in [0.15, 0.2) is 0 Å². The summed E-state index contributed by atoms with van der Waals surface area (Å²) in [4.78, 5) is 18.5. The number of alkyl halides is 2. The monoisotopic (exact) mass is 406 g/mol. The molecule has 0 atom stereocenters. The molecule has 1 aromatic carbocycles. The van der Waals surface area contributed by atoms with Gasteiger partial charge in [-0.15, -0.1) is 0 Å². The van der Waals surface area contributed by atoms with Crippen LogP contribution in [0, 0.1) is 0 Å². The number of nitrogens with zero attached hydrogens (tertiary/aromatic N) is 4. The van der Waals surface area contributed by atoms with Gasteiger partial charge in [-0.2, -0.15) is 5.10 Å². The van der Waals surface area contributed by atoms with Gasteiger partial charge >= 0.3 is 0 Å². The number of pyridine rings is 1. The fraction of sp³-hybridized carbons (Fsp3) is 0.316. The highest BCUT2D eigenvalue weighted by atomic mass is 35.5. The van der Waals surface area contributed by atoms with E-state index in [2.05, 4.69) is 10.1 Å². The summed E-state index contributed by atoms with van der Waals surface area (Å²) in [7, 11) is 0. The number of morpholine rings is 1. The lowest BCUT2D eigenvalue weighted by Gasteiger charge is -2.26. The minimum absolute atomic E-state index is 0.120. The molecule has 1 saturated heterocycles. The maximum Gasteiger partial charge on any atom is 0.257 e. The molecule has 0 radical (unpaired) electrons. The lowest BCUT2D eigenvalue weighted by molar-refractivity contribution is 0.0303. The molecule has 0 spiro atoms. The molecule has 9 heteroatoms. The van der Waals surface area contributed by atoms with Crippen molar-refractivity contribution in [1.82, 2.24) is 19.7 Å². The fourth-order valence-electron chi connectivity index (χ4n) is 3.29. The van der Waals surface area contributed by atoms with Crippen molar-refractivity contribution in [2.24, 2.45) is 0 Å². The van der Waals surface area contributed by atoms with E-state index in [-0.39, 0.29) is 11.1 Å². The Balaban J connectivity index is 1.81. The molecule has 0 bridgehead atoms. The first-order valence-corrected chi connectivity index (χ1v) is 9.18. The average molecular weight is 407 g/mol. The van der Waals surface area contributed by atoms with Crippen molar-refractivity contribution in [3.63, 3.8) is 0 Å². The van der Waals surface area contributed by atoms with Crippen molar-refractivity contribution in [3.8, 4) is 11.3 Å². The Morgan fingerprint density at radius 3 is 2.71 bits per heavy atom. The van der Waals surface area contributed by atoms with Gasteiger partial charge in [0.1, 0.15) is 17.4 Å². The van der Waals surface area contributed by atoms with Crippen LogP contribution in [0.15, 0.2) is 36.5 Å². The normalized spacial score (nSPS) is 14.8. The molecule has 1 aliphatic rings. The summed E-state index contributed by atoms with van der Waals surface area (Å²) in [5.41, 5.74) is 2.14. The number of ether oxygens (including phenoxy) is 1. The highest BCUT2D eigenvalue weighted by molar-refractivity contribution is 6.29. The van der Waals surface area contributed by atoms with E-state index in [0.717, 1.165) is 0 Å². The van der Waals surface area contributed by atoms with Gasteiger partial charge in [-0.05, 0) is 30.3 Å². The third-order valence-corrected chi connectivity index (χ3v) is 4.81. The minimum Gasteiger partial charge on any atom is -0.378 e. The second kappa shape index (κ2) is 7.81. The zero-order valence-electron chi connectivity index (χ0n) is 14.8. The first kappa shape index (κ1) is 18.8. The van der Waals surface area contributed by atoms with Crippen LogP contribution in [0.4, 0.5) is 8.78 Å². The molecule has 0 saturated carbocycles. The van der Waals surface area contributed by atoms with Crippen molar-refractivity contribution in [3.05, 3.63) is 47.2 Å². The molecule has 146 valence electrons. The number of hydrogen-bond donors (Lipinski definition) is 0.